The van der Waals surface area contributed by atoms with Crippen LogP contribution >= 0.6 is 0 Å². The molecule has 0 N–H and O–H groups in total. The Morgan fingerprint density at radius 1 is 0.222 bits per heavy atom. The molecule has 0 amide bonds. The zero-order valence-corrected chi connectivity index (χ0v) is 36.3. The van der Waals surface area contributed by atoms with E-state index in [1.165, 1.54) is 69.5 Å². The molecule has 10 aromatic carbocycles. The van der Waals surface area contributed by atoms with E-state index in [1.807, 2.05) is 0 Å². The van der Waals surface area contributed by atoms with Gasteiger partial charge in [-0.05, 0) is 46.5 Å². The maximum atomic E-state index is 2.44. The van der Waals surface area contributed by atoms with Crippen LogP contribution in [0.3, 0.4) is 0 Å². The minimum absolute atomic E-state index is 0.203. The van der Waals surface area contributed by atoms with Gasteiger partial charge in [-0.25, -0.2) is 0 Å². The van der Waals surface area contributed by atoms with Gasteiger partial charge in [0.05, 0.1) is 0 Å². The Kier molecular flexibility index (Phi) is 10.3. The Hall–Kier alpha value is -7.68. The monoisotopic (exact) mass is 870 g/mol. The zero-order chi connectivity index (χ0) is 42.0. The number of hydrogen-bond acceptors (Lipinski definition) is 2. The van der Waals surface area contributed by atoms with Gasteiger partial charge in [0.2, 0.25) is 0 Å². The van der Waals surface area contributed by atoms with Gasteiger partial charge in [-0.2, -0.15) is 0 Å². The van der Waals surface area contributed by atoms with Crippen LogP contribution < -0.4 is 9.80 Å². The number of anilines is 6. The minimum Gasteiger partial charge on any atom is -0.0617 e. The second-order valence-corrected chi connectivity index (χ2v) is 18.0. The van der Waals surface area contributed by atoms with Crippen molar-refractivity contribution in [2.45, 2.75) is 0 Å². The second-order valence-electron chi connectivity index (χ2n) is 15.8. The molecule has 0 aliphatic rings. The van der Waals surface area contributed by atoms with Crippen LogP contribution in [0.1, 0.15) is 0 Å². The molecule has 0 saturated carbocycles. The first-order chi connectivity index (χ1) is 31.2. The predicted octanol–water partition coefficient (Wildman–Crippen LogP) is 16.7. The van der Waals surface area contributed by atoms with Gasteiger partial charge >= 0.3 is 234 Å². The molecule has 0 atom stereocenters. The largest absolute Gasteiger partial charge is 0.0617 e. The topological polar surface area (TPSA) is 6.48 Å². The third kappa shape index (κ3) is 7.66. The van der Waals surface area contributed by atoms with Crippen LogP contribution in [0, 0.1) is 0 Å². The molecule has 0 fully saturated rings. The van der Waals surface area contributed by atoms with Gasteiger partial charge in [0.1, 0.15) is 0 Å². The summed E-state index contributed by atoms with van der Waals surface area (Å²) in [4.78, 5) is 4.79. The molecule has 0 radical (unpaired) electrons. The molecule has 0 aliphatic heterocycles. The molecule has 63 heavy (non-hydrogen) atoms. The summed E-state index contributed by atoms with van der Waals surface area (Å²) in [5, 5.41) is 2.71. The summed E-state index contributed by atoms with van der Waals surface area (Å²) < 4.78 is 2.87. The molecule has 1 aromatic heterocycles. The molecular weight excluding hydrogens is 828 g/mol. The number of benzene rings is 10. The van der Waals surface area contributed by atoms with E-state index in [1.54, 1.807) is 0 Å². The van der Waals surface area contributed by atoms with Crippen molar-refractivity contribution >= 4 is 67.9 Å². The van der Waals surface area contributed by atoms with Crippen LogP contribution in [0.25, 0.3) is 63.8 Å². The molecule has 298 valence electrons. The first-order valence-electron chi connectivity index (χ1n) is 21.4. The van der Waals surface area contributed by atoms with Crippen LogP contribution in [0.5, 0.6) is 0 Å². The van der Waals surface area contributed by atoms with Crippen LogP contribution in [0.15, 0.2) is 255 Å². The van der Waals surface area contributed by atoms with Crippen LogP contribution in [-0.2, 0) is 0 Å². The summed E-state index contributed by atoms with van der Waals surface area (Å²) in [5.74, 6) is 0. The van der Waals surface area contributed by atoms with Crippen LogP contribution in [0.4, 0.5) is 34.1 Å². The smallest absolute Gasteiger partial charge is 0.0374 e. The number of hydrogen-bond donors (Lipinski definition) is 0. The molecule has 0 bridgehead atoms. The maximum absolute atomic E-state index is 2.44. The Morgan fingerprint density at radius 2 is 0.524 bits per heavy atom. The van der Waals surface area contributed by atoms with Gasteiger partial charge in [-0.1, -0.05) is 84.9 Å². The van der Waals surface area contributed by atoms with Crippen molar-refractivity contribution in [1.82, 2.24) is 0 Å². The summed E-state index contributed by atoms with van der Waals surface area (Å²) in [6.45, 7) is 0. The Labute approximate surface area is 375 Å². The van der Waals surface area contributed by atoms with Gasteiger partial charge in [0, 0.05) is 11.4 Å². The molecule has 0 unspecified atom stereocenters. The first-order valence-corrected chi connectivity index (χ1v) is 23.1. The summed E-state index contributed by atoms with van der Waals surface area (Å²) in [6, 6.07) is 92.3. The third-order valence-electron chi connectivity index (χ3n) is 11.9. The summed E-state index contributed by atoms with van der Waals surface area (Å²) in [5.41, 5.74) is 16.4. The quantitative estimate of drug-likeness (QED) is 0.126. The Balaban J connectivity index is 0.939. The van der Waals surface area contributed by atoms with E-state index < -0.39 is 0 Å². The molecule has 0 spiro atoms. The van der Waals surface area contributed by atoms with Gasteiger partial charge in [0.15, 0.2) is 0 Å². The van der Waals surface area contributed by atoms with E-state index >= 15 is 0 Å². The number of nitrogens with zero attached hydrogens (tertiary/aromatic N) is 2. The van der Waals surface area contributed by atoms with Crippen LogP contribution in [0.2, 0.25) is 0 Å². The van der Waals surface area contributed by atoms with Crippen molar-refractivity contribution in [3.63, 3.8) is 0 Å². The molecule has 11 rings (SSSR count). The standard InChI is InChI=1S/C60H42N2Se/c1-4-13-43(14-5-1)46-23-33-51(34-24-46)61(52-35-25-47(26-36-52)44-15-6-2-7-16-44)53-37-27-49(28-38-53)50-31-41-55(42-32-50)62(54-39-29-48(30-40-54)45-17-8-3-9-18-45)58-21-12-20-57-56-19-10-11-22-59(56)63-60(57)58/h1-42H. The van der Waals surface area contributed by atoms with E-state index in [0.29, 0.717) is 0 Å². The fraction of sp³-hybridized carbons (Fsp3) is 0. The molecule has 3 heteroatoms. The van der Waals surface area contributed by atoms with Crippen LogP contribution in [-0.4, -0.2) is 14.5 Å². The number of rotatable bonds is 10. The van der Waals surface area contributed by atoms with Gasteiger partial charge in [-0.15, -0.1) is 0 Å². The number of fused-ring (bicyclic) bond motifs is 3. The predicted molar refractivity (Wildman–Crippen MR) is 270 cm³/mol. The summed E-state index contributed by atoms with van der Waals surface area (Å²) >= 11 is 0.203. The van der Waals surface area contributed by atoms with E-state index in [4.69, 9.17) is 0 Å². The molecule has 0 aliphatic carbocycles. The van der Waals surface area contributed by atoms with Crippen molar-refractivity contribution in [2.75, 3.05) is 9.80 Å². The molecule has 2 nitrogen and oxygen atoms in total. The maximum Gasteiger partial charge on any atom is -0.0374 e. The van der Waals surface area contributed by atoms with Crippen molar-refractivity contribution in [3.05, 3.63) is 255 Å². The fourth-order valence-corrected chi connectivity index (χ4v) is 11.2. The Morgan fingerprint density at radius 3 is 0.905 bits per heavy atom. The zero-order valence-electron chi connectivity index (χ0n) is 34.6. The third-order valence-corrected chi connectivity index (χ3v) is 14.4. The van der Waals surface area contributed by atoms with E-state index in [9.17, 15) is 0 Å². The van der Waals surface area contributed by atoms with Gasteiger partial charge in [-0.3, -0.25) is 0 Å². The van der Waals surface area contributed by atoms with Gasteiger partial charge < -0.3 is 0 Å². The van der Waals surface area contributed by atoms with E-state index in [-0.39, 0.29) is 14.5 Å². The normalized spacial score (nSPS) is 11.2. The minimum atomic E-state index is 0.203. The Bertz CT molecular complexity index is 3190. The fourth-order valence-electron chi connectivity index (χ4n) is 8.69. The first kappa shape index (κ1) is 38.3. The van der Waals surface area contributed by atoms with Crippen molar-refractivity contribution in [1.29, 1.82) is 0 Å². The summed E-state index contributed by atoms with van der Waals surface area (Å²) in [6.07, 6.45) is 0. The van der Waals surface area contributed by atoms with Crippen molar-refractivity contribution in [2.24, 2.45) is 0 Å². The molecular formula is C60H42N2Se. The molecule has 0 saturated heterocycles. The van der Waals surface area contributed by atoms with E-state index in [2.05, 4.69) is 265 Å². The SMILES string of the molecule is c1ccc(-c2ccc(N(c3ccc(-c4ccccc4)cc3)c3ccc(-c4ccc(N(c5ccc(-c6ccccc6)cc5)c5cccc6c5[se]c5ccccc56)cc4)cc3)cc2)cc1. The second kappa shape index (κ2) is 17.0. The van der Waals surface area contributed by atoms with E-state index in [0.717, 1.165) is 28.4 Å². The average Bonchev–Trinajstić information content (AvgIpc) is 3.76. The van der Waals surface area contributed by atoms with Crippen molar-refractivity contribution in [3.8, 4) is 44.5 Å². The average molecular weight is 870 g/mol. The molecule has 1 heterocycles. The van der Waals surface area contributed by atoms with Gasteiger partial charge in [0.25, 0.3) is 0 Å². The molecule has 11 aromatic rings. The summed E-state index contributed by atoms with van der Waals surface area (Å²) in [7, 11) is 0. The van der Waals surface area contributed by atoms with Crippen molar-refractivity contribution < 1.29 is 0 Å².